The number of aromatic nitrogens is 4. The predicted molar refractivity (Wildman–Crippen MR) is 108 cm³/mol. The van der Waals surface area contributed by atoms with Crippen molar-refractivity contribution < 1.29 is 9.47 Å². The molecule has 0 radical (unpaired) electrons. The first-order valence-corrected chi connectivity index (χ1v) is 10.5. The molecule has 0 aliphatic carbocycles. The maximum absolute atomic E-state index is 5.57. The summed E-state index contributed by atoms with van der Waals surface area (Å²) in [4.78, 5) is 21.8. The Balaban J connectivity index is 1.60. The molecular formula is C19H29N7O2. The summed E-state index contributed by atoms with van der Waals surface area (Å²) in [6.07, 6.45) is 3.70. The summed E-state index contributed by atoms with van der Waals surface area (Å²) in [5.41, 5.74) is 1.81. The van der Waals surface area contributed by atoms with Gasteiger partial charge in [-0.15, -0.1) is 0 Å². The zero-order valence-corrected chi connectivity index (χ0v) is 16.6. The van der Waals surface area contributed by atoms with E-state index in [1.807, 2.05) is 0 Å². The van der Waals surface area contributed by atoms with Gasteiger partial charge in [0, 0.05) is 46.3 Å². The largest absolute Gasteiger partial charge is 0.378 e. The van der Waals surface area contributed by atoms with Crippen molar-refractivity contribution in [3.63, 3.8) is 0 Å². The zero-order valence-electron chi connectivity index (χ0n) is 16.6. The molecule has 5 rings (SSSR count). The summed E-state index contributed by atoms with van der Waals surface area (Å²) in [7, 11) is 2.08. The molecule has 0 aromatic carbocycles. The van der Waals surface area contributed by atoms with Gasteiger partial charge in [0.15, 0.2) is 11.5 Å². The van der Waals surface area contributed by atoms with Crippen LogP contribution in [0.4, 0.5) is 17.7 Å². The Morgan fingerprint density at radius 2 is 1.32 bits per heavy atom. The molecule has 0 atom stereocenters. The van der Waals surface area contributed by atoms with Crippen molar-refractivity contribution in [3.05, 3.63) is 0 Å². The van der Waals surface area contributed by atoms with E-state index in [0.717, 1.165) is 94.6 Å². The van der Waals surface area contributed by atoms with E-state index in [1.54, 1.807) is 0 Å². The van der Waals surface area contributed by atoms with E-state index in [9.17, 15) is 0 Å². The molecule has 28 heavy (non-hydrogen) atoms. The van der Waals surface area contributed by atoms with Gasteiger partial charge in [-0.1, -0.05) is 0 Å². The third-order valence-corrected chi connectivity index (χ3v) is 5.92. The van der Waals surface area contributed by atoms with Gasteiger partial charge in [-0.25, -0.2) is 0 Å². The molecule has 2 aromatic rings. The molecule has 3 aliphatic heterocycles. The lowest BCUT2D eigenvalue weighted by atomic mass is 10.1. The average Bonchev–Trinajstić information content (AvgIpc) is 3.11. The van der Waals surface area contributed by atoms with Gasteiger partial charge in [-0.3, -0.25) is 0 Å². The number of nitrogens with zero attached hydrogens (tertiary/aromatic N) is 7. The van der Waals surface area contributed by atoms with Crippen LogP contribution in [0.2, 0.25) is 0 Å². The number of ether oxygens (including phenoxy) is 2. The highest BCUT2D eigenvalue weighted by Gasteiger charge is 2.26. The molecule has 9 nitrogen and oxygen atoms in total. The van der Waals surface area contributed by atoms with Crippen LogP contribution in [0.1, 0.15) is 19.3 Å². The van der Waals surface area contributed by atoms with Gasteiger partial charge in [0.2, 0.25) is 11.9 Å². The standard InChI is InChI=1S/C19H29N7O2/c1-23-15-16(21-19(23)26-9-13-28-14-10-26)20-18(25-5-3-2-4-6-25)22-17(15)24-7-11-27-12-8-24/h2-14H2,1H3. The van der Waals surface area contributed by atoms with Crippen molar-refractivity contribution in [1.82, 2.24) is 19.5 Å². The number of hydrogen-bond donors (Lipinski definition) is 0. The lowest BCUT2D eigenvalue weighted by molar-refractivity contribution is 0.121. The fourth-order valence-electron chi connectivity index (χ4n) is 4.35. The summed E-state index contributed by atoms with van der Waals surface area (Å²) >= 11 is 0. The minimum atomic E-state index is 0.735. The quantitative estimate of drug-likeness (QED) is 0.773. The fraction of sp³-hybridized carbons (Fsp3) is 0.737. The molecular weight excluding hydrogens is 358 g/mol. The second-order valence-electron chi connectivity index (χ2n) is 7.74. The number of hydrogen-bond acceptors (Lipinski definition) is 8. The van der Waals surface area contributed by atoms with Gasteiger partial charge in [-0.05, 0) is 19.3 Å². The highest BCUT2D eigenvalue weighted by atomic mass is 16.5. The molecule has 152 valence electrons. The Bertz CT molecular complexity index is 821. The molecule has 9 heteroatoms. The van der Waals surface area contributed by atoms with Crippen molar-refractivity contribution in [1.29, 1.82) is 0 Å². The van der Waals surface area contributed by atoms with E-state index >= 15 is 0 Å². The number of anilines is 3. The van der Waals surface area contributed by atoms with Crippen LogP contribution in [-0.4, -0.2) is 85.2 Å². The summed E-state index contributed by atoms with van der Waals surface area (Å²) in [6, 6.07) is 0. The van der Waals surface area contributed by atoms with Gasteiger partial charge in [-0.2, -0.15) is 15.0 Å². The van der Waals surface area contributed by atoms with Crippen molar-refractivity contribution in [2.24, 2.45) is 7.05 Å². The zero-order chi connectivity index (χ0) is 18.9. The van der Waals surface area contributed by atoms with E-state index in [-0.39, 0.29) is 0 Å². The number of fused-ring (bicyclic) bond motifs is 1. The highest BCUT2D eigenvalue weighted by molar-refractivity contribution is 5.87. The molecule has 3 fully saturated rings. The Kier molecular flexibility index (Phi) is 4.94. The number of rotatable bonds is 3. The van der Waals surface area contributed by atoms with E-state index in [2.05, 4.69) is 26.3 Å². The van der Waals surface area contributed by atoms with Crippen LogP contribution in [0.5, 0.6) is 0 Å². The van der Waals surface area contributed by atoms with Crippen LogP contribution in [0, 0.1) is 0 Å². The first kappa shape index (κ1) is 17.9. The lowest BCUT2D eigenvalue weighted by Crippen LogP contribution is -2.38. The predicted octanol–water partition coefficient (Wildman–Crippen LogP) is 1.03. The fourth-order valence-corrected chi connectivity index (χ4v) is 4.35. The summed E-state index contributed by atoms with van der Waals surface area (Å²) in [5, 5.41) is 0. The second kappa shape index (κ2) is 7.71. The first-order valence-electron chi connectivity index (χ1n) is 10.5. The first-order chi connectivity index (χ1) is 13.8. The summed E-state index contributed by atoms with van der Waals surface area (Å²) in [5.74, 6) is 2.77. The van der Waals surface area contributed by atoms with Gasteiger partial charge in [0.05, 0.1) is 26.4 Å². The number of piperidine rings is 1. The van der Waals surface area contributed by atoms with Crippen molar-refractivity contribution >= 4 is 28.9 Å². The minimum Gasteiger partial charge on any atom is -0.378 e. The van der Waals surface area contributed by atoms with Crippen LogP contribution >= 0.6 is 0 Å². The smallest absolute Gasteiger partial charge is 0.229 e. The molecule has 3 saturated heterocycles. The number of imidazole rings is 1. The molecule has 0 amide bonds. The van der Waals surface area contributed by atoms with Crippen LogP contribution < -0.4 is 14.7 Å². The minimum absolute atomic E-state index is 0.735. The molecule has 0 bridgehead atoms. The third-order valence-electron chi connectivity index (χ3n) is 5.92. The number of morpholine rings is 2. The van der Waals surface area contributed by atoms with E-state index in [0.29, 0.717) is 0 Å². The molecule has 5 heterocycles. The lowest BCUT2D eigenvalue weighted by Gasteiger charge is -2.31. The Morgan fingerprint density at radius 1 is 0.679 bits per heavy atom. The molecule has 3 aliphatic rings. The van der Waals surface area contributed by atoms with Gasteiger partial charge in [0.1, 0.15) is 5.52 Å². The molecule has 0 spiro atoms. The van der Waals surface area contributed by atoms with E-state index < -0.39 is 0 Å². The average molecular weight is 387 g/mol. The van der Waals surface area contributed by atoms with Crippen LogP contribution in [0.3, 0.4) is 0 Å². The van der Waals surface area contributed by atoms with Crippen LogP contribution in [0.15, 0.2) is 0 Å². The van der Waals surface area contributed by atoms with Gasteiger partial charge in [0.25, 0.3) is 0 Å². The Morgan fingerprint density at radius 3 is 2.00 bits per heavy atom. The molecule has 2 aromatic heterocycles. The normalized spacial score (nSPS) is 21.5. The van der Waals surface area contributed by atoms with E-state index in [1.165, 1.54) is 19.3 Å². The summed E-state index contributed by atoms with van der Waals surface area (Å²) in [6.45, 7) is 8.42. The maximum atomic E-state index is 5.57. The van der Waals surface area contributed by atoms with Crippen LogP contribution in [0.25, 0.3) is 11.2 Å². The SMILES string of the molecule is Cn1c(N2CCOCC2)nc2nc(N3CCCCC3)nc(N3CCOCC3)c21. The monoisotopic (exact) mass is 387 g/mol. The maximum Gasteiger partial charge on any atom is 0.229 e. The van der Waals surface area contributed by atoms with Crippen molar-refractivity contribution in [2.75, 3.05) is 80.4 Å². The number of aryl methyl sites for hydroxylation is 1. The molecule has 0 unspecified atom stereocenters. The Labute approximate surface area is 165 Å². The van der Waals surface area contributed by atoms with E-state index in [4.69, 9.17) is 24.4 Å². The highest BCUT2D eigenvalue weighted by Crippen LogP contribution is 2.31. The third kappa shape index (κ3) is 3.26. The van der Waals surface area contributed by atoms with Gasteiger partial charge >= 0.3 is 0 Å². The molecule has 0 N–H and O–H groups in total. The van der Waals surface area contributed by atoms with Crippen molar-refractivity contribution in [3.8, 4) is 0 Å². The summed E-state index contributed by atoms with van der Waals surface area (Å²) < 4.78 is 13.2. The Hall–Kier alpha value is -2.13. The second-order valence-corrected chi connectivity index (χ2v) is 7.74. The molecule has 0 saturated carbocycles. The van der Waals surface area contributed by atoms with Crippen molar-refractivity contribution in [2.45, 2.75) is 19.3 Å². The topological polar surface area (TPSA) is 71.8 Å². The van der Waals surface area contributed by atoms with Gasteiger partial charge < -0.3 is 28.7 Å². The van der Waals surface area contributed by atoms with Crippen LogP contribution in [-0.2, 0) is 16.5 Å².